The number of amides is 2. The molecule has 7 nitrogen and oxygen atoms in total. The van der Waals surface area contributed by atoms with Crippen LogP contribution >= 0.6 is 0 Å². The Labute approximate surface area is 180 Å². The van der Waals surface area contributed by atoms with Crippen molar-refractivity contribution in [1.29, 1.82) is 0 Å². The van der Waals surface area contributed by atoms with Crippen molar-refractivity contribution >= 4 is 6.03 Å². The first-order valence-electron chi connectivity index (χ1n) is 10.3. The van der Waals surface area contributed by atoms with Gasteiger partial charge in [0.15, 0.2) is 0 Å². The van der Waals surface area contributed by atoms with Gasteiger partial charge in [0, 0.05) is 25.4 Å². The molecule has 1 aliphatic heterocycles. The summed E-state index contributed by atoms with van der Waals surface area (Å²) in [7, 11) is 0. The van der Waals surface area contributed by atoms with E-state index in [4.69, 9.17) is 9.15 Å². The Morgan fingerprint density at radius 1 is 1.13 bits per heavy atom. The predicted octanol–water partition coefficient (Wildman–Crippen LogP) is 4.24. The Balaban J connectivity index is 1.25. The van der Waals surface area contributed by atoms with E-state index in [-0.39, 0.29) is 17.9 Å². The Kier molecular flexibility index (Phi) is 6.78. The number of furan rings is 1. The zero-order valence-corrected chi connectivity index (χ0v) is 17.1. The zero-order valence-electron chi connectivity index (χ0n) is 17.1. The molecule has 3 heterocycles. The molecule has 162 valence electrons. The number of halogens is 1. The van der Waals surface area contributed by atoms with E-state index in [1.807, 2.05) is 18.2 Å². The molecule has 1 atom stereocenters. The van der Waals surface area contributed by atoms with Crippen molar-refractivity contribution in [1.82, 2.24) is 20.5 Å². The van der Waals surface area contributed by atoms with Crippen LogP contribution in [0.1, 0.15) is 30.2 Å². The number of nitrogens with zero attached hydrogens (tertiary/aromatic N) is 2. The number of hydrogen-bond acceptors (Lipinski definition) is 5. The highest BCUT2D eigenvalue weighted by atomic mass is 19.1. The first-order valence-corrected chi connectivity index (χ1v) is 10.3. The minimum absolute atomic E-state index is 0.0350. The standard InChI is InChI=1S/C23H25FN4O3/c24-18-6-8-19(9-7-18)31-22-10-5-17(14-25-22)15-26-23(29)27-16-20(21-4-3-13-30-21)28-11-1-2-12-28/h3-10,13-14,20H,1-2,11-12,15-16H2,(H2,26,27,29). The van der Waals surface area contributed by atoms with Crippen LogP contribution in [0, 0.1) is 5.82 Å². The van der Waals surface area contributed by atoms with Crippen molar-refractivity contribution in [2.24, 2.45) is 0 Å². The van der Waals surface area contributed by atoms with Crippen molar-refractivity contribution in [3.05, 3.63) is 78.1 Å². The van der Waals surface area contributed by atoms with Crippen molar-refractivity contribution in [2.45, 2.75) is 25.4 Å². The van der Waals surface area contributed by atoms with E-state index in [9.17, 15) is 9.18 Å². The Bertz CT molecular complexity index is 956. The van der Waals surface area contributed by atoms with E-state index >= 15 is 0 Å². The van der Waals surface area contributed by atoms with Gasteiger partial charge in [0.2, 0.25) is 5.88 Å². The molecule has 1 unspecified atom stereocenters. The summed E-state index contributed by atoms with van der Waals surface area (Å²) in [4.78, 5) is 18.9. The average molecular weight is 424 g/mol. The van der Waals surface area contributed by atoms with Gasteiger partial charge in [0.25, 0.3) is 0 Å². The van der Waals surface area contributed by atoms with Gasteiger partial charge in [0.1, 0.15) is 17.3 Å². The van der Waals surface area contributed by atoms with Crippen LogP contribution in [0.2, 0.25) is 0 Å². The summed E-state index contributed by atoms with van der Waals surface area (Å²) in [6.07, 6.45) is 5.62. The van der Waals surface area contributed by atoms with E-state index in [0.29, 0.717) is 24.7 Å². The summed E-state index contributed by atoms with van der Waals surface area (Å²) in [5, 5.41) is 5.78. The molecule has 1 aromatic carbocycles. The first kappa shape index (κ1) is 20.9. The lowest BCUT2D eigenvalue weighted by Gasteiger charge is -2.26. The number of aromatic nitrogens is 1. The maximum atomic E-state index is 13.0. The third-order valence-corrected chi connectivity index (χ3v) is 5.20. The highest BCUT2D eigenvalue weighted by Crippen LogP contribution is 2.25. The number of carbonyl (C=O) groups is 1. The zero-order chi connectivity index (χ0) is 21.5. The molecular weight excluding hydrogens is 399 g/mol. The summed E-state index contributed by atoms with van der Waals surface area (Å²) >= 11 is 0. The van der Waals surface area contributed by atoms with E-state index in [2.05, 4.69) is 20.5 Å². The van der Waals surface area contributed by atoms with Gasteiger partial charge in [-0.3, -0.25) is 4.90 Å². The van der Waals surface area contributed by atoms with Gasteiger partial charge >= 0.3 is 6.03 Å². The SMILES string of the molecule is O=C(NCc1ccc(Oc2ccc(F)cc2)nc1)NCC(c1ccco1)N1CCCC1. The fourth-order valence-electron chi connectivity index (χ4n) is 3.58. The number of carbonyl (C=O) groups excluding carboxylic acids is 1. The molecule has 1 aliphatic rings. The highest BCUT2D eigenvalue weighted by Gasteiger charge is 2.25. The van der Waals surface area contributed by atoms with E-state index in [0.717, 1.165) is 37.3 Å². The smallest absolute Gasteiger partial charge is 0.315 e. The number of ether oxygens (including phenoxy) is 1. The number of urea groups is 1. The lowest BCUT2D eigenvalue weighted by Crippen LogP contribution is -2.41. The molecule has 3 aromatic rings. The van der Waals surface area contributed by atoms with Gasteiger partial charge in [-0.15, -0.1) is 0 Å². The number of pyridine rings is 1. The Morgan fingerprint density at radius 2 is 1.94 bits per heavy atom. The lowest BCUT2D eigenvalue weighted by atomic mass is 10.2. The maximum Gasteiger partial charge on any atom is 0.315 e. The largest absolute Gasteiger partial charge is 0.468 e. The van der Waals surface area contributed by atoms with Crippen LogP contribution in [0.3, 0.4) is 0 Å². The fourth-order valence-corrected chi connectivity index (χ4v) is 3.58. The number of hydrogen-bond donors (Lipinski definition) is 2. The molecule has 31 heavy (non-hydrogen) atoms. The molecule has 0 radical (unpaired) electrons. The lowest BCUT2D eigenvalue weighted by molar-refractivity contribution is 0.203. The molecular formula is C23H25FN4O3. The van der Waals surface area contributed by atoms with Gasteiger partial charge in [0.05, 0.1) is 12.3 Å². The van der Waals surface area contributed by atoms with Crippen LogP contribution in [-0.4, -0.2) is 35.5 Å². The number of nitrogens with one attached hydrogen (secondary N) is 2. The van der Waals surface area contributed by atoms with Crippen LogP contribution < -0.4 is 15.4 Å². The molecule has 2 N–H and O–H groups in total. The number of rotatable bonds is 8. The van der Waals surface area contributed by atoms with Gasteiger partial charge in [-0.25, -0.2) is 14.2 Å². The molecule has 0 bridgehead atoms. The monoisotopic (exact) mass is 424 g/mol. The van der Waals surface area contributed by atoms with E-state index in [1.165, 1.54) is 24.3 Å². The Hall–Kier alpha value is -3.39. The van der Waals surface area contributed by atoms with Crippen LogP contribution in [0.5, 0.6) is 11.6 Å². The summed E-state index contributed by atoms with van der Waals surface area (Å²) in [5.41, 5.74) is 0.837. The first-order chi connectivity index (χ1) is 15.2. The van der Waals surface area contributed by atoms with Crippen LogP contribution in [0.15, 0.2) is 65.4 Å². The summed E-state index contributed by atoms with van der Waals surface area (Å²) in [6.45, 7) is 2.83. The number of benzene rings is 1. The molecule has 0 saturated carbocycles. The maximum absolute atomic E-state index is 13.0. The highest BCUT2D eigenvalue weighted by molar-refractivity contribution is 5.73. The molecule has 1 fully saturated rings. The molecule has 4 rings (SSSR count). The second-order valence-electron chi connectivity index (χ2n) is 7.40. The van der Waals surface area contributed by atoms with Gasteiger partial charge in [-0.2, -0.15) is 0 Å². The van der Waals surface area contributed by atoms with Crippen LogP contribution in [0.25, 0.3) is 0 Å². The second-order valence-corrected chi connectivity index (χ2v) is 7.40. The summed E-state index contributed by atoms with van der Waals surface area (Å²) in [5.74, 6) is 1.44. The topological polar surface area (TPSA) is 79.6 Å². The van der Waals surface area contributed by atoms with Crippen molar-refractivity contribution in [3.63, 3.8) is 0 Å². The normalized spacial score (nSPS) is 14.9. The molecule has 8 heteroatoms. The van der Waals surface area contributed by atoms with Crippen molar-refractivity contribution in [3.8, 4) is 11.6 Å². The van der Waals surface area contributed by atoms with Crippen LogP contribution in [-0.2, 0) is 6.54 Å². The third kappa shape index (κ3) is 5.82. The van der Waals surface area contributed by atoms with Gasteiger partial charge in [-0.1, -0.05) is 6.07 Å². The average Bonchev–Trinajstić information content (AvgIpc) is 3.50. The van der Waals surface area contributed by atoms with Crippen LogP contribution in [0.4, 0.5) is 9.18 Å². The molecule has 0 aliphatic carbocycles. The molecule has 0 spiro atoms. The molecule has 2 aromatic heterocycles. The quantitative estimate of drug-likeness (QED) is 0.565. The third-order valence-electron chi connectivity index (χ3n) is 5.20. The van der Waals surface area contributed by atoms with Crippen molar-refractivity contribution < 1.29 is 18.3 Å². The number of likely N-dealkylation sites (tertiary alicyclic amines) is 1. The van der Waals surface area contributed by atoms with Crippen molar-refractivity contribution in [2.75, 3.05) is 19.6 Å². The van der Waals surface area contributed by atoms with E-state index in [1.54, 1.807) is 18.5 Å². The Morgan fingerprint density at radius 3 is 2.61 bits per heavy atom. The second kappa shape index (κ2) is 10.1. The predicted molar refractivity (Wildman–Crippen MR) is 113 cm³/mol. The van der Waals surface area contributed by atoms with Gasteiger partial charge in [-0.05, 0) is 67.9 Å². The minimum atomic E-state index is -0.323. The molecule has 2 amide bonds. The summed E-state index contributed by atoms with van der Waals surface area (Å²) in [6, 6.07) is 12.9. The summed E-state index contributed by atoms with van der Waals surface area (Å²) < 4.78 is 24.1. The minimum Gasteiger partial charge on any atom is -0.468 e. The van der Waals surface area contributed by atoms with Gasteiger partial charge < -0.3 is 19.8 Å². The fraction of sp³-hybridized carbons (Fsp3) is 0.304. The van der Waals surface area contributed by atoms with E-state index < -0.39 is 0 Å². The molecule has 1 saturated heterocycles.